The number of carbonyl (C=O) groups excluding carboxylic acids is 1. The second-order valence-corrected chi connectivity index (χ2v) is 3.58. The molecule has 1 rings (SSSR count). The second kappa shape index (κ2) is 5.37. The first-order chi connectivity index (χ1) is 5.61. The van der Waals surface area contributed by atoms with Gasteiger partial charge in [0.15, 0.2) is 5.78 Å². The molecule has 4 heteroatoms. The quantitative estimate of drug-likeness (QED) is 0.834. The fourth-order valence-electron chi connectivity index (χ4n) is 0.905. The normalized spacial score (nSPS) is 11.6. The first-order valence-electron chi connectivity index (χ1n) is 3.66. The van der Waals surface area contributed by atoms with E-state index in [1.54, 1.807) is 19.1 Å². The highest BCUT2D eigenvalue weighted by atomic mass is 79.9. The van der Waals surface area contributed by atoms with Crippen LogP contribution >= 0.6 is 28.3 Å². The average molecular weight is 265 g/mol. The van der Waals surface area contributed by atoms with Gasteiger partial charge in [0.1, 0.15) is 0 Å². The van der Waals surface area contributed by atoms with E-state index in [9.17, 15) is 4.79 Å². The maximum atomic E-state index is 11.4. The van der Waals surface area contributed by atoms with E-state index in [-0.39, 0.29) is 18.2 Å². The van der Waals surface area contributed by atoms with Gasteiger partial charge in [0.25, 0.3) is 0 Å². The molecule has 2 N–H and O–H groups in total. The second-order valence-electron chi connectivity index (χ2n) is 2.66. The van der Waals surface area contributed by atoms with Gasteiger partial charge in [-0.2, -0.15) is 0 Å². The van der Waals surface area contributed by atoms with Crippen LogP contribution in [0.1, 0.15) is 17.3 Å². The maximum Gasteiger partial charge on any atom is 0.179 e. The van der Waals surface area contributed by atoms with Gasteiger partial charge >= 0.3 is 0 Å². The van der Waals surface area contributed by atoms with Crippen molar-refractivity contribution in [1.29, 1.82) is 0 Å². The van der Waals surface area contributed by atoms with Crippen LogP contribution in [0.15, 0.2) is 28.7 Å². The van der Waals surface area contributed by atoms with Crippen molar-refractivity contribution in [3.63, 3.8) is 0 Å². The van der Waals surface area contributed by atoms with E-state index in [0.29, 0.717) is 5.56 Å². The number of Topliss-reactive ketones (excluding diaryl/α,β-unsaturated/α-hetero) is 1. The lowest BCUT2D eigenvalue weighted by atomic mass is 10.1. The summed E-state index contributed by atoms with van der Waals surface area (Å²) in [4.78, 5) is 11.4. The summed E-state index contributed by atoms with van der Waals surface area (Å²) in [6.07, 6.45) is 0. The molecular formula is C9H11BrClNO. The van der Waals surface area contributed by atoms with E-state index in [2.05, 4.69) is 15.9 Å². The zero-order chi connectivity index (χ0) is 9.14. The van der Waals surface area contributed by atoms with Gasteiger partial charge in [0.2, 0.25) is 0 Å². The minimum atomic E-state index is -0.431. The summed E-state index contributed by atoms with van der Waals surface area (Å²) in [5.41, 5.74) is 6.11. The molecule has 0 aliphatic carbocycles. The number of halogens is 2. The molecule has 1 unspecified atom stereocenters. The van der Waals surface area contributed by atoms with Crippen molar-refractivity contribution in [3.8, 4) is 0 Å². The van der Waals surface area contributed by atoms with Crippen LogP contribution < -0.4 is 5.73 Å². The third kappa shape index (κ3) is 3.46. The van der Waals surface area contributed by atoms with Crippen molar-refractivity contribution in [3.05, 3.63) is 34.3 Å². The molecule has 0 saturated heterocycles. The minimum absolute atomic E-state index is 0. The fraction of sp³-hybridized carbons (Fsp3) is 0.222. The van der Waals surface area contributed by atoms with Crippen LogP contribution in [0.2, 0.25) is 0 Å². The summed E-state index contributed by atoms with van der Waals surface area (Å²) < 4.78 is 0.897. The number of ketones is 1. The summed E-state index contributed by atoms with van der Waals surface area (Å²) >= 11 is 3.29. The molecule has 0 spiro atoms. The van der Waals surface area contributed by atoms with Gasteiger partial charge < -0.3 is 5.73 Å². The number of nitrogens with two attached hydrogens (primary N) is 1. The van der Waals surface area contributed by atoms with E-state index in [1.165, 1.54) is 0 Å². The molecular weight excluding hydrogens is 253 g/mol. The fourth-order valence-corrected chi connectivity index (χ4v) is 1.30. The Hall–Kier alpha value is -0.380. The zero-order valence-corrected chi connectivity index (χ0v) is 9.56. The zero-order valence-electron chi connectivity index (χ0n) is 7.16. The third-order valence-corrected chi connectivity index (χ3v) is 2.02. The summed E-state index contributed by atoms with van der Waals surface area (Å²) in [5.74, 6) is -0.0312. The van der Waals surface area contributed by atoms with Gasteiger partial charge in [-0.3, -0.25) is 4.79 Å². The van der Waals surface area contributed by atoms with E-state index >= 15 is 0 Å². The van der Waals surface area contributed by atoms with Gasteiger partial charge in [-0.05, 0) is 19.1 Å². The highest BCUT2D eigenvalue weighted by Crippen LogP contribution is 2.12. The Kier molecular flexibility index (Phi) is 5.21. The van der Waals surface area contributed by atoms with Crippen molar-refractivity contribution in [2.75, 3.05) is 0 Å². The Morgan fingerprint density at radius 1 is 1.54 bits per heavy atom. The SMILES string of the molecule is CC(N)C(=O)c1cccc(Br)c1.Cl. The summed E-state index contributed by atoms with van der Waals surface area (Å²) in [6.45, 7) is 1.68. The lowest BCUT2D eigenvalue weighted by molar-refractivity contribution is 0.0968. The highest BCUT2D eigenvalue weighted by Gasteiger charge is 2.09. The Morgan fingerprint density at radius 2 is 2.15 bits per heavy atom. The average Bonchev–Trinajstić information content (AvgIpc) is 2.03. The Morgan fingerprint density at radius 3 is 2.62 bits per heavy atom. The molecule has 2 nitrogen and oxygen atoms in total. The Balaban J connectivity index is 0.00000144. The monoisotopic (exact) mass is 263 g/mol. The number of benzene rings is 1. The van der Waals surface area contributed by atoms with Gasteiger partial charge in [-0.1, -0.05) is 28.1 Å². The first kappa shape index (κ1) is 12.6. The topological polar surface area (TPSA) is 43.1 Å². The standard InChI is InChI=1S/C9H10BrNO.ClH/c1-6(11)9(12)7-3-2-4-8(10)5-7;/h2-6H,11H2,1H3;1H. The van der Waals surface area contributed by atoms with E-state index in [1.807, 2.05) is 12.1 Å². The Bertz CT molecular complexity index is 301. The molecule has 0 aliphatic rings. The van der Waals surface area contributed by atoms with E-state index in [4.69, 9.17) is 5.73 Å². The summed E-state index contributed by atoms with van der Waals surface area (Å²) in [7, 11) is 0. The molecule has 1 aromatic carbocycles. The predicted octanol–water partition coefficient (Wildman–Crippen LogP) is 2.40. The molecule has 0 aliphatic heterocycles. The van der Waals surface area contributed by atoms with Crippen molar-refractivity contribution in [2.24, 2.45) is 5.73 Å². The first-order valence-corrected chi connectivity index (χ1v) is 4.46. The largest absolute Gasteiger partial charge is 0.321 e. The van der Waals surface area contributed by atoms with Crippen molar-refractivity contribution < 1.29 is 4.79 Å². The van der Waals surface area contributed by atoms with Crippen LogP contribution in [0, 0.1) is 0 Å². The van der Waals surface area contributed by atoms with Crippen molar-refractivity contribution >= 4 is 34.1 Å². The molecule has 0 saturated carbocycles. The van der Waals surface area contributed by atoms with Gasteiger partial charge in [-0.25, -0.2) is 0 Å². The van der Waals surface area contributed by atoms with E-state index < -0.39 is 6.04 Å². The summed E-state index contributed by atoms with van der Waals surface area (Å²) in [5, 5.41) is 0. The van der Waals surface area contributed by atoms with Crippen molar-refractivity contribution in [2.45, 2.75) is 13.0 Å². The van der Waals surface area contributed by atoms with Crippen LogP contribution in [0.5, 0.6) is 0 Å². The van der Waals surface area contributed by atoms with Crippen molar-refractivity contribution in [1.82, 2.24) is 0 Å². The van der Waals surface area contributed by atoms with Gasteiger partial charge in [-0.15, -0.1) is 12.4 Å². The Labute approximate surface area is 92.0 Å². The van der Waals surface area contributed by atoms with Gasteiger partial charge in [0.05, 0.1) is 6.04 Å². The number of hydrogen-bond donors (Lipinski definition) is 1. The van der Waals surface area contributed by atoms with Crippen LogP contribution in [0.25, 0.3) is 0 Å². The molecule has 13 heavy (non-hydrogen) atoms. The smallest absolute Gasteiger partial charge is 0.179 e. The predicted molar refractivity (Wildman–Crippen MR) is 59.4 cm³/mol. The van der Waals surface area contributed by atoms with Crippen LogP contribution in [0.4, 0.5) is 0 Å². The molecule has 1 atom stereocenters. The number of carbonyl (C=O) groups is 1. The van der Waals surface area contributed by atoms with Crippen LogP contribution in [-0.4, -0.2) is 11.8 Å². The van der Waals surface area contributed by atoms with Crippen LogP contribution in [0.3, 0.4) is 0 Å². The summed E-state index contributed by atoms with van der Waals surface area (Å²) in [6, 6.07) is 6.79. The number of rotatable bonds is 2. The highest BCUT2D eigenvalue weighted by molar-refractivity contribution is 9.10. The molecule has 0 bridgehead atoms. The molecule has 0 fully saturated rings. The number of hydrogen-bond acceptors (Lipinski definition) is 2. The third-order valence-electron chi connectivity index (χ3n) is 1.52. The molecule has 0 heterocycles. The molecule has 0 aromatic heterocycles. The van der Waals surface area contributed by atoms with Crippen LogP contribution in [-0.2, 0) is 0 Å². The molecule has 72 valence electrons. The molecule has 1 aromatic rings. The molecule has 0 radical (unpaired) electrons. The molecule has 0 amide bonds. The van der Waals surface area contributed by atoms with E-state index in [0.717, 1.165) is 4.47 Å². The van der Waals surface area contributed by atoms with Gasteiger partial charge in [0, 0.05) is 10.0 Å². The lowest BCUT2D eigenvalue weighted by Crippen LogP contribution is -2.26. The minimum Gasteiger partial charge on any atom is -0.321 e. The lowest BCUT2D eigenvalue weighted by Gasteiger charge is -2.03. The maximum absolute atomic E-state index is 11.4.